The molecule has 0 bridgehead atoms. The van der Waals surface area contributed by atoms with Gasteiger partial charge in [-0.15, -0.1) is 0 Å². The Kier molecular flexibility index (Phi) is 7.33. The van der Waals surface area contributed by atoms with E-state index in [0.29, 0.717) is 29.4 Å². The first-order valence-electron chi connectivity index (χ1n) is 9.46. The third kappa shape index (κ3) is 5.39. The number of ether oxygens (including phenoxy) is 2. The molecule has 3 rings (SSSR count). The predicted molar refractivity (Wildman–Crippen MR) is 121 cm³/mol. The summed E-state index contributed by atoms with van der Waals surface area (Å²) in [6.07, 6.45) is 1.84. The maximum absolute atomic E-state index is 6.03. The van der Waals surface area contributed by atoms with E-state index in [1.165, 1.54) is 5.56 Å². The van der Waals surface area contributed by atoms with Gasteiger partial charge in [-0.3, -0.25) is 5.10 Å². The number of H-pyrrole nitrogens is 1. The van der Waals surface area contributed by atoms with Crippen LogP contribution in [0.2, 0.25) is 0 Å². The van der Waals surface area contributed by atoms with Crippen LogP contribution >= 0.6 is 28.1 Å². The average molecular weight is 477 g/mol. The summed E-state index contributed by atoms with van der Waals surface area (Å²) in [6, 6.07) is 12.3. The average Bonchev–Trinajstić information content (AvgIpc) is 3.06. The minimum atomic E-state index is 0.470. The molecule has 0 saturated carbocycles. The molecule has 29 heavy (non-hydrogen) atoms. The van der Waals surface area contributed by atoms with Crippen molar-refractivity contribution in [2.75, 3.05) is 12.5 Å². The zero-order valence-electron chi connectivity index (χ0n) is 16.8. The lowest BCUT2D eigenvalue weighted by Gasteiger charge is -2.16. The number of hydrogen-bond acceptors (Lipinski definition) is 5. The van der Waals surface area contributed by atoms with Gasteiger partial charge in [-0.2, -0.15) is 5.10 Å². The van der Waals surface area contributed by atoms with Crippen LogP contribution in [0.15, 0.2) is 40.9 Å². The lowest BCUT2D eigenvalue weighted by atomic mass is 10.1. The fourth-order valence-corrected chi connectivity index (χ4v) is 3.73. The van der Waals surface area contributed by atoms with Gasteiger partial charge in [0.2, 0.25) is 4.77 Å². The quantitative estimate of drug-likeness (QED) is 0.410. The number of hydrogen-bond donors (Lipinski definition) is 2. The normalized spacial score (nSPS) is 10.8. The fraction of sp³-hybridized carbons (Fsp3) is 0.333. The first-order chi connectivity index (χ1) is 14.0. The molecule has 2 N–H and O–H groups in total. The van der Waals surface area contributed by atoms with Gasteiger partial charge in [-0.1, -0.05) is 36.8 Å². The standard InChI is InChI=1S/C21H25BrN4O2S/c1-4-5-19-24-25-21(29)26(19)23-12-16-10-17(22)20(18(11-16)27-3)28-13-15-8-6-14(2)7-9-15/h6-11,23H,4-5,12-13H2,1-3H3,(H,25,29). The van der Waals surface area contributed by atoms with Crippen LogP contribution in [0.5, 0.6) is 11.5 Å². The van der Waals surface area contributed by atoms with E-state index in [1.807, 2.05) is 16.8 Å². The van der Waals surface area contributed by atoms with Crippen LogP contribution in [0.4, 0.5) is 0 Å². The van der Waals surface area contributed by atoms with Gasteiger partial charge in [0.05, 0.1) is 18.1 Å². The number of rotatable bonds is 9. The molecular formula is C21H25BrN4O2S. The van der Waals surface area contributed by atoms with Crippen LogP contribution in [0.3, 0.4) is 0 Å². The smallest absolute Gasteiger partial charge is 0.214 e. The molecule has 1 heterocycles. The van der Waals surface area contributed by atoms with E-state index < -0.39 is 0 Å². The highest BCUT2D eigenvalue weighted by molar-refractivity contribution is 9.10. The molecule has 0 aliphatic heterocycles. The highest BCUT2D eigenvalue weighted by atomic mass is 79.9. The lowest BCUT2D eigenvalue weighted by Crippen LogP contribution is -2.17. The van der Waals surface area contributed by atoms with E-state index in [1.54, 1.807) is 7.11 Å². The molecule has 0 spiro atoms. The molecule has 0 amide bonds. The van der Waals surface area contributed by atoms with E-state index in [9.17, 15) is 0 Å². The Bertz CT molecular complexity index is 1010. The second kappa shape index (κ2) is 9.93. The number of nitrogens with one attached hydrogen (secondary N) is 2. The molecule has 8 heteroatoms. The SMILES string of the molecule is CCCc1n[nH]c(=S)n1NCc1cc(Br)c(OCc2ccc(C)cc2)c(OC)c1. The van der Waals surface area contributed by atoms with Gasteiger partial charge >= 0.3 is 0 Å². The molecule has 6 nitrogen and oxygen atoms in total. The van der Waals surface area contributed by atoms with Gasteiger partial charge in [0.25, 0.3) is 0 Å². The third-order valence-corrected chi connectivity index (χ3v) is 5.31. The summed E-state index contributed by atoms with van der Waals surface area (Å²) in [5.41, 5.74) is 6.69. The number of aromatic amines is 1. The summed E-state index contributed by atoms with van der Waals surface area (Å²) < 4.78 is 14.8. The highest BCUT2D eigenvalue weighted by Crippen LogP contribution is 2.37. The molecule has 0 aliphatic carbocycles. The number of benzene rings is 2. The van der Waals surface area contributed by atoms with Crippen LogP contribution in [-0.4, -0.2) is 22.0 Å². The molecule has 0 aliphatic rings. The van der Waals surface area contributed by atoms with E-state index in [0.717, 1.165) is 34.3 Å². The van der Waals surface area contributed by atoms with Crippen molar-refractivity contribution in [3.63, 3.8) is 0 Å². The number of aryl methyl sites for hydroxylation is 2. The number of methoxy groups -OCH3 is 1. The van der Waals surface area contributed by atoms with Crippen molar-refractivity contribution < 1.29 is 9.47 Å². The second-order valence-electron chi connectivity index (χ2n) is 6.75. The molecule has 2 aromatic carbocycles. The van der Waals surface area contributed by atoms with Crippen LogP contribution < -0.4 is 14.9 Å². The van der Waals surface area contributed by atoms with Crippen LogP contribution in [-0.2, 0) is 19.6 Å². The first-order valence-corrected chi connectivity index (χ1v) is 10.7. The predicted octanol–water partition coefficient (Wildman–Crippen LogP) is 5.30. The Morgan fingerprint density at radius 1 is 1.21 bits per heavy atom. The lowest BCUT2D eigenvalue weighted by molar-refractivity contribution is 0.282. The zero-order chi connectivity index (χ0) is 20.8. The molecule has 3 aromatic rings. The molecule has 0 saturated heterocycles. The van der Waals surface area contributed by atoms with Crippen molar-refractivity contribution in [2.45, 2.75) is 39.8 Å². The second-order valence-corrected chi connectivity index (χ2v) is 7.99. The Morgan fingerprint density at radius 3 is 2.66 bits per heavy atom. The highest BCUT2D eigenvalue weighted by Gasteiger charge is 2.13. The van der Waals surface area contributed by atoms with Gasteiger partial charge < -0.3 is 14.9 Å². The summed E-state index contributed by atoms with van der Waals surface area (Å²) in [6.45, 7) is 5.22. The van der Waals surface area contributed by atoms with Crippen molar-refractivity contribution >= 4 is 28.1 Å². The van der Waals surface area contributed by atoms with Gasteiger partial charge in [0, 0.05) is 6.42 Å². The zero-order valence-corrected chi connectivity index (χ0v) is 19.2. The van der Waals surface area contributed by atoms with Gasteiger partial charge in [0.15, 0.2) is 17.3 Å². The topological polar surface area (TPSA) is 64.1 Å². The van der Waals surface area contributed by atoms with Crippen molar-refractivity contribution in [2.24, 2.45) is 0 Å². The molecule has 0 fully saturated rings. The summed E-state index contributed by atoms with van der Waals surface area (Å²) >= 11 is 8.93. The molecule has 154 valence electrons. The largest absolute Gasteiger partial charge is 0.493 e. The molecule has 0 radical (unpaired) electrons. The number of aromatic nitrogens is 3. The Balaban J connectivity index is 1.73. The monoisotopic (exact) mass is 476 g/mol. The maximum atomic E-state index is 6.03. The number of halogens is 1. The van der Waals surface area contributed by atoms with Crippen molar-refractivity contribution in [3.8, 4) is 11.5 Å². The Labute approximate surface area is 184 Å². The number of nitrogens with zero attached hydrogens (tertiary/aromatic N) is 2. The van der Waals surface area contributed by atoms with Gasteiger partial charge in [-0.05, 0) is 64.8 Å². The summed E-state index contributed by atoms with van der Waals surface area (Å²) in [5.74, 6) is 2.25. The molecule has 1 aromatic heterocycles. The van der Waals surface area contributed by atoms with Crippen LogP contribution in [0.25, 0.3) is 0 Å². The Morgan fingerprint density at radius 2 is 1.97 bits per heavy atom. The Hall–Kier alpha value is -2.32. The first kappa shape index (κ1) is 21.4. The minimum Gasteiger partial charge on any atom is -0.493 e. The van der Waals surface area contributed by atoms with E-state index in [2.05, 4.69) is 69.7 Å². The van der Waals surface area contributed by atoms with Crippen molar-refractivity contribution in [3.05, 3.63) is 68.2 Å². The fourth-order valence-electron chi connectivity index (χ4n) is 2.91. The van der Waals surface area contributed by atoms with Gasteiger partial charge in [0.1, 0.15) is 6.61 Å². The summed E-state index contributed by atoms with van der Waals surface area (Å²) in [7, 11) is 1.64. The molecule has 0 atom stereocenters. The van der Waals surface area contributed by atoms with E-state index in [-0.39, 0.29) is 0 Å². The van der Waals surface area contributed by atoms with E-state index in [4.69, 9.17) is 21.7 Å². The third-order valence-electron chi connectivity index (χ3n) is 4.45. The van der Waals surface area contributed by atoms with Crippen LogP contribution in [0, 0.1) is 11.7 Å². The van der Waals surface area contributed by atoms with Crippen molar-refractivity contribution in [1.82, 2.24) is 14.9 Å². The van der Waals surface area contributed by atoms with E-state index >= 15 is 0 Å². The van der Waals surface area contributed by atoms with Gasteiger partial charge in [-0.25, -0.2) is 4.68 Å². The summed E-state index contributed by atoms with van der Waals surface area (Å²) in [4.78, 5) is 0. The minimum absolute atomic E-state index is 0.470. The maximum Gasteiger partial charge on any atom is 0.214 e. The van der Waals surface area contributed by atoms with Crippen LogP contribution in [0.1, 0.15) is 35.9 Å². The summed E-state index contributed by atoms with van der Waals surface area (Å²) in [5, 5.41) is 7.11. The molecule has 0 unspecified atom stereocenters. The van der Waals surface area contributed by atoms with Crippen molar-refractivity contribution in [1.29, 1.82) is 0 Å². The molecular weight excluding hydrogens is 452 g/mol.